The van der Waals surface area contributed by atoms with Crippen LogP contribution in [0.4, 0.5) is 10.1 Å². The number of hydrogen-bond acceptors (Lipinski definition) is 3. The summed E-state index contributed by atoms with van der Waals surface area (Å²) in [5, 5.41) is 9.51. The minimum Gasteiger partial charge on any atom is -0.486 e. The highest BCUT2D eigenvalue weighted by Crippen LogP contribution is 2.25. The van der Waals surface area contributed by atoms with Gasteiger partial charge in [-0.05, 0) is 23.8 Å². The van der Waals surface area contributed by atoms with Crippen molar-refractivity contribution in [1.29, 1.82) is 0 Å². The van der Waals surface area contributed by atoms with Crippen molar-refractivity contribution in [3.63, 3.8) is 0 Å². The first-order chi connectivity index (χ1) is 9.47. The second-order valence-corrected chi connectivity index (χ2v) is 4.53. The average molecular weight is 296 g/mol. The first-order valence-electron chi connectivity index (χ1n) is 5.67. The highest BCUT2D eigenvalue weighted by molar-refractivity contribution is 6.30. The number of nitrogens with two attached hydrogens (primary N) is 1. The summed E-state index contributed by atoms with van der Waals surface area (Å²) >= 11 is 5.75. The Labute approximate surface area is 119 Å². The Morgan fingerprint density at radius 3 is 2.55 bits per heavy atom. The lowest BCUT2D eigenvalue weighted by molar-refractivity contribution is 0.0697. The molecule has 2 rings (SSSR count). The molecule has 3 N–H and O–H groups in total. The average Bonchev–Trinajstić information content (AvgIpc) is 2.39. The molecule has 0 amide bonds. The molecule has 0 atom stereocenters. The molecule has 0 saturated heterocycles. The number of carboxylic acids is 1. The van der Waals surface area contributed by atoms with E-state index >= 15 is 0 Å². The molecule has 0 radical (unpaired) electrons. The molecule has 0 heterocycles. The molecule has 104 valence electrons. The van der Waals surface area contributed by atoms with E-state index < -0.39 is 11.8 Å². The number of benzene rings is 2. The number of carboxylic acid groups (broad SMARTS) is 1. The van der Waals surface area contributed by atoms with E-state index in [9.17, 15) is 9.18 Å². The van der Waals surface area contributed by atoms with E-state index in [-0.39, 0.29) is 23.6 Å². The van der Waals surface area contributed by atoms with E-state index in [0.717, 1.165) is 17.7 Å². The van der Waals surface area contributed by atoms with Crippen molar-refractivity contribution in [2.24, 2.45) is 0 Å². The largest absolute Gasteiger partial charge is 0.486 e. The van der Waals surface area contributed by atoms with E-state index in [1.54, 1.807) is 24.3 Å². The zero-order chi connectivity index (χ0) is 14.7. The van der Waals surface area contributed by atoms with E-state index in [0.29, 0.717) is 5.02 Å². The number of ether oxygens (including phenoxy) is 1. The highest BCUT2D eigenvalue weighted by Gasteiger charge is 2.14. The molecule has 0 fully saturated rings. The van der Waals surface area contributed by atoms with Gasteiger partial charge in [0.1, 0.15) is 6.61 Å². The summed E-state index contributed by atoms with van der Waals surface area (Å²) in [5.74, 6) is -2.10. The number of rotatable bonds is 4. The number of hydrogen-bond donors (Lipinski definition) is 2. The summed E-state index contributed by atoms with van der Waals surface area (Å²) in [7, 11) is 0. The van der Waals surface area contributed by atoms with Crippen LogP contribution in [0.3, 0.4) is 0 Å². The molecule has 6 heteroatoms. The lowest BCUT2D eigenvalue weighted by Crippen LogP contribution is -2.05. The smallest absolute Gasteiger partial charge is 0.337 e. The molecule has 0 aliphatic rings. The Hall–Kier alpha value is -2.27. The van der Waals surface area contributed by atoms with Crippen molar-refractivity contribution in [2.45, 2.75) is 6.61 Å². The number of aromatic carboxylic acids is 1. The summed E-state index contributed by atoms with van der Waals surface area (Å²) in [4.78, 5) is 10.9. The predicted molar refractivity (Wildman–Crippen MR) is 73.6 cm³/mol. The normalized spacial score (nSPS) is 10.3. The lowest BCUT2D eigenvalue weighted by Gasteiger charge is -2.10. The first kappa shape index (κ1) is 14.1. The summed E-state index contributed by atoms with van der Waals surface area (Å²) < 4.78 is 18.9. The number of halogens is 2. The monoisotopic (exact) mass is 295 g/mol. The molecule has 2 aromatic rings. The topological polar surface area (TPSA) is 72.5 Å². The van der Waals surface area contributed by atoms with E-state index in [4.69, 9.17) is 27.2 Å². The number of carbonyl (C=O) groups is 1. The maximum Gasteiger partial charge on any atom is 0.337 e. The van der Waals surface area contributed by atoms with Gasteiger partial charge in [0.2, 0.25) is 0 Å². The Morgan fingerprint density at radius 2 is 1.95 bits per heavy atom. The van der Waals surface area contributed by atoms with E-state index in [1.807, 2.05) is 0 Å². The Balaban J connectivity index is 2.18. The van der Waals surface area contributed by atoms with Crippen molar-refractivity contribution < 1.29 is 19.0 Å². The quantitative estimate of drug-likeness (QED) is 0.849. The van der Waals surface area contributed by atoms with Crippen LogP contribution >= 0.6 is 11.6 Å². The van der Waals surface area contributed by atoms with Gasteiger partial charge in [-0.3, -0.25) is 0 Å². The van der Waals surface area contributed by atoms with Crippen molar-refractivity contribution >= 4 is 23.3 Å². The van der Waals surface area contributed by atoms with Crippen molar-refractivity contribution in [3.05, 3.63) is 58.4 Å². The highest BCUT2D eigenvalue weighted by atomic mass is 35.5. The maximum atomic E-state index is 13.6. The van der Waals surface area contributed by atoms with Gasteiger partial charge in [0.25, 0.3) is 0 Å². The molecule has 0 aromatic heterocycles. The van der Waals surface area contributed by atoms with Crippen LogP contribution in [0.1, 0.15) is 15.9 Å². The number of nitrogen functional groups attached to an aromatic ring is 1. The fraction of sp³-hybridized carbons (Fsp3) is 0.0714. The van der Waals surface area contributed by atoms with Crippen LogP contribution in [0, 0.1) is 5.82 Å². The molecule has 0 saturated carbocycles. The fourth-order valence-corrected chi connectivity index (χ4v) is 1.73. The van der Waals surface area contributed by atoms with Crippen molar-refractivity contribution in [1.82, 2.24) is 0 Å². The van der Waals surface area contributed by atoms with Crippen LogP contribution in [0.25, 0.3) is 0 Å². The summed E-state index contributed by atoms with van der Waals surface area (Å²) in [6, 6.07) is 8.83. The molecule has 0 unspecified atom stereocenters. The van der Waals surface area contributed by atoms with E-state index in [2.05, 4.69) is 0 Å². The van der Waals surface area contributed by atoms with Gasteiger partial charge >= 0.3 is 5.97 Å². The molecule has 0 aliphatic heterocycles. The van der Waals surface area contributed by atoms with Crippen LogP contribution in [0.2, 0.25) is 5.02 Å². The summed E-state index contributed by atoms with van der Waals surface area (Å²) in [5.41, 5.74) is 5.86. The van der Waals surface area contributed by atoms with Gasteiger partial charge in [0.05, 0.1) is 5.56 Å². The van der Waals surface area contributed by atoms with Gasteiger partial charge < -0.3 is 15.6 Å². The lowest BCUT2D eigenvalue weighted by atomic mass is 10.1. The van der Waals surface area contributed by atoms with Gasteiger partial charge in [-0.25, -0.2) is 9.18 Å². The summed E-state index contributed by atoms with van der Waals surface area (Å²) in [6.45, 7) is 0.0943. The summed E-state index contributed by atoms with van der Waals surface area (Å²) in [6.07, 6.45) is 0. The van der Waals surface area contributed by atoms with Crippen LogP contribution in [0.15, 0.2) is 36.4 Å². The van der Waals surface area contributed by atoms with Crippen LogP contribution < -0.4 is 10.5 Å². The molecule has 4 nitrogen and oxygen atoms in total. The van der Waals surface area contributed by atoms with Crippen molar-refractivity contribution in [2.75, 3.05) is 5.73 Å². The SMILES string of the molecule is Nc1cc(F)c(OCc2ccc(Cl)cc2)cc1C(=O)O. The second-order valence-electron chi connectivity index (χ2n) is 4.09. The minimum atomic E-state index is -1.24. The van der Waals surface area contributed by atoms with Gasteiger partial charge in [-0.1, -0.05) is 23.7 Å². The Morgan fingerprint density at radius 1 is 1.30 bits per heavy atom. The molecule has 20 heavy (non-hydrogen) atoms. The maximum absolute atomic E-state index is 13.6. The molecule has 2 aromatic carbocycles. The van der Waals surface area contributed by atoms with Crippen molar-refractivity contribution in [3.8, 4) is 5.75 Å². The van der Waals surface area contributed by atoms with Gasteiger partial charge in [-0.2, -0.15) is 0 Å². The van der Waals surface area contributed by atoms with Crippen LogP contribution in [-0.4, -0.2) is 11.1 Å². The molecule has 0 spiro atoms. The molecule has 0 bridgehead atoms. The second kappa shape index (κ2) is 5.79. The Bertz CT molecular complexity index is 644. The minimum absolute atomic E-state index is 0.0943. The third kappa shape index (κ3) is 3.19. The fourth-order valence-electron chi connectivity index (χ4n) is 1.61. The van der Waals surface area contributed by atoms with Gasteiger partial charge in [0.15, 0.2) is 11.6 Å². The van der Waals surface area contributed by atoms with Gasteiger partial charge in [0, 0.05) is 16.8 Å². The van der Waals surface area contributed by atoms with E-state index in [1.165, 1.54) is 0 Å². The van der Waals surface area contributed by atoms with Gasteiger partial charge in [-0.15, -0.1) is 0 Å². The van der Waals surface area contributed by atoms with Crippen LogP contribution in [0.5, 0.6) is 5.75 Å². The zero-order valence-corrected chi connectivity index (χ0v) is 11.0. The Kier molecular flexibility index (Phi) is 4.10. The molecular formula is C14H11ClFNO3. The standard InChI is InChI=1S/C14H11ClFNO3/c15-9-3-1-8(2-4-9)7-20-13-5-10(14(18)19)12(17)6-11(13)16/h1-6H,7,17H2,(H,18,19). The molecular weight excluding hydrogens is 285 g/mol. The third-order valence-electron chi connectivity index (χ3n) is 2.64. The number of anilines is 1. The third-order valence-corrected chi connectivity index (χ3v) is 2.89. The molecule has 0 aliphatic carbocycles. The predicted octanol–water partition coefficient (Wildman–Crippen LogP) is 3.34. The zero-order valence-electron chi connectivity index (χ0n) is 10.3. The van der Waals surface area contributed by atoms with Crippen LogP contribution in [-0.2, 0) is 6.61 Å². The first-order valence-corrected chi connectivity index (χ1v) is 6.04.